The van der Waals surface area contributed by atoms with Gasteiger partial charge in [0, 0.05) is 42.3 Å². The summed E-state index contributed by atoms with van der Waals surface area (Å²) in [6.45, 7) is 5.83. The molecule has 0 unspecified atom stereocenters. The molecular formula is C14H20BrFN2O. The minimum absolute atomic E-state index is 0.0668. The van der Waals surface area contributed by atoms with Crippen molar-refractivity contribution in [3.05, 3.63) is 28.0 Å². The number of nitrogens with zero attached hydrogens (tertiary/aromatic N) is 1. The van der Waals surface area contributed by atoms with E-state index in [9.17, 15) is 9.50 Å². The molecule has 1 aliphatic rings. The molecule has 1 saturated heterocycles. The van der Waals surface area contributed by atoms with Gasteiger partial charge in [-0.1, -0.05) is 29.3 Å². The summed E-state index contributed by atoms with van der Waals surface area (Å²) in [5, 5.41) is 13.4. The van der Waals surface area contributed by atoms with Crippen LogP contribution in [-0.4, -0.2) is 36.2 Å². The minimum atomic E-state index is -0.547. The second kappa shape index (κ2) is 6.68. The predicted molar refractivity (Wildman–Crippen MR) is 77.9 cm³/mol. The van der Waals surface area contributed by atoms with Crippen LogP contribution < -0.4 is 5.32 Å². The van der Waals surface area contributed by atoms with Crippen LogP contribution >= 0.6 is 15.9 Å². The van der Waals surface area contributed by atoms with Crippen molar-refractivity contribution in [2.75, 3.05) is 26.2 Å². The number of phenols is 1. The molecule has 3 nitrogen and oxygen atoms in total. The molecule has 0 bridgehead atoms. The molecule has 1 aromatic rings. The number of nitrogens with one attached hydrogen (secondary N) is 1. The zero-order valence-corrected chi connectivity index (χ0v) is 12.7. The van der Waals surface area contributed by atoms with Crippen molar-refractivity contribution in [1.29, 1.82) is 0 Å². The van der Waals surface area contributed by atoms with E-state index in [0.29, 0.717) is 5.56 Å². The van der Waals surface area contributed by atoms with Gasteiger partial charge in [0.1, 0.15) is 0 Å². The summed E-state index contributed by atoms with van der Waals surface area (Å²) >= 11 is 3.45. The van der Waals surface area contributed by atoms with Crippen molar-refractivity contribution in [3.8, 4) is 5.75 Å². The fourth-order valence-corrected chi connectivity index (χ4v) is 3.23. The average molecular weight is 331 g/mol. The first-order chi connectivity index (χ1) is 9.15. The third-order valence-electron chi connectivity index (χ3n) is 3.60. The highest BCUT2D eigenvalue weighted by Gasteiger charge is 2.27. The predicted octanol–water partition coefficient (Wildman–Crippen LogP) is 3.04. The summed E-state index contributed by atoms with van der Waals surface area (Å²) in [5.41, 5.74) is 0.684. The molecule has 0 aromatic heterocycles. The third kappa shape index (κ3) is 3.27. The lowest BCUT2D eigenvalue weighted by molar-refractivity contribution is 0.161. The van der Waals surface area contributed by atoms with Gasteiger partial charge in [0.25, 0.3) is 0 Å². The normalized spacial score (nSPS) is 18.5. The zero-order valence-electron chi connectivity index (χ0n) is 11.1. The van der Waals surface area contributed by atoms with Crippen molar-refractivity contribution in [2.45, 2.75) is 25.8 Å². The second-order valence-electron chi connectivity index (χ2n) is 4.88. The number of piperazine rings is 1. The smallest absolute Gasteiger partial charge is 0.165 e. The van der Waals surface area contributed by atoms with Crippen LogP contribution in [-0.2, 0) is 0 Å². The Labute approximate surface area is 121 Å². The van der Waals surface area contributed by atoms with Crippen molar-refractivity contribution >= 4 is 15.9 Å². The highest BCUT2D eigenvalue weighted by atomic mass is 79.9. The summed E-state index contributed by atoms with van der Waals surface area (Å²) < 4.78 is 14.4. The highest BCUT2D eigenvalue weighted by molar-refractivity contribution is 9.10. The molecule has 0 saturated carbocycles. The quantitative estimate of drug-likeness (QED) is 0.890. The van der Waals surface area contributed by atoms with E-state index < -0.39 is 5.82 Å². The zero-order chi connectivity index (χ0) is 13.8. The molecule has 5 heteroatoms. The van der Waals surface area contributed by atoms with Gasteiger partial charge in [0.15, 0.2) is 11.6 Å². The molecule has 1 atom stereocenters. The van der Waals surface area contributed by atoms with E-state index in [1.54, 1.807) is 6.07 Å². The maximum atomic E-state index is 13.6. The van der Waals surface area contributed by atoms with Gasteiger partial charge in [0.2, 0.25) is 0 Å². The Hall–Kier alpha value is -0.650. The Balaban J connectivity index is 2.35. The lowest BCUT2D eigenvalue weighted by Gasteiger charge is -2.36. The van der Waals surface area contributed by atoms with Gasteiger partial charge in [-0.05, 0) is 18.6 Å². The van der Waals surface area contributed by atoms with Crippen LogP contribution in [0.1, 0.15) is 31.4 Å². The summed E-state index contributed by atoms with van der Waals surface area (Å²) in [5.74, 6) is -0.763. The van der Waals surface area contributed by atoms with Crippen LogP contribution in [0.2, 0.25) is 0 Å². The summed E-state index contributed by atoms with van der Waals surface area (Å²) in [6.07, 6.45) is 1.91. The number of benzene rings is 1. The topological polar surface area (TPSA) is 35.5 Å². The fraction of sp³-hybridized carbons (Fsp3) is 0.571. The fourth-order valence-electron chi connectivity index (χ4n) is 2.65. The maximum absolute atomic E-state index is 13.6. The number of hydrogen-bond acceptors (Lipinski definition) is 3. The summed E-state index contributed by atoms with van der Waals surface area (Å²) in [6, 6.07) is 3.04. The van der Waals surface area contributed by atoms with Gasteiger partial charge < -0.3 is 10.4 Å². The molecule has 2 N–H and O–H groups in total. The van der Waals surface area contributed by atoms with Crippen LogP contribution in [0.25, 0.3) is 0 Å². The molecule has 1 aliphatic heterocycles. The van der Waals surface area contributed by atoms with Gasteiger partial charge in [-0.25, -0.2) is 4.39 Å². The Morgan fingerprint density at radius 3 is 2.74 bits per heavy atom. The van der Waals surface area contributed by atoms with E-state index in [1.807, 2.05) is 0 Å². The molecule has 0 radical (unpaired) electrons. The Morgan fingerprint density at radius 2 is 2.11 bits per heavy atom. The SMILES string of the molecule is CCC[C@H](c1c(Br)ccc(F)c1O)N1CCNCC1. The molecule has 0 aliphatic carbocycles. The van der Waals surface area contributed by atoms with E-state index in [1.165, 1.54) is 6.07 Å². The first-order valence-corrected chi connectivity index (χ1v) is 7.56. The number of hydrogen-bond donors (Lipinski definition) is 2. The van der Waals surface area contributed by atoms with E-state index >= 15 is 0 Å². The second-order valence-corrected chi connectivity index (χ2v) is 5.74. The van der Waals surface area contributed by atoms with Crippen LogP contribution in [0.15, 0.2) is 16.6 Å². The highest BCUT2D eigenvalue weighted by Crippen LogP contribution is 2.39. The molecule has 106 valence electrons. The summed E-state index contributed by atoms with van der Waals surface area (Å²) in [7, 11) is 0. The monoisotopic (exact) mass is 330 g/mol. The molecular weight excluding hydrogens is 311 g/mol. The molecule has 0 amide bonds. The van der Waals surface area contributed by atoms with Crippen LogP contribution in [0, 0.1) is 5.82 Å². The first-order valence-electron chi connectivity index (χ1n) is 6.76. The largest absolute Gasteiger partial charge is 0.505 e. The minimum Gasteiger partial charge on any atom is -0.505 e. The number of halogens is 2. The Bertz CT molecular complexity index is 436. The lowest BCUT2D eigenvalue weighted by atomic mass is 9.98. The van der Waals surface area contributed by atoms with E-state index in [2.05, 4.69) is 33.1 Å². The molecule has 1 aromatic carbocycles. The third-order valence-corrected chi connectivity index (χ3v) is 4.29. The van der Waals surface area contributed by atoms with Crippen molar-refractivity contribution in [1.82, 2.24) is 10.2 Å². The van der Waals surface area contributed by atoms with Crippen molar-refractivity contribution in [2.24, 2.45) is 0 Å². The van der Waals surface area contributed by atoms with E-state index in [-0.39, 0.29) is 11.8 Å². The number of rotatable bonds is 4. The van der Waals surface area contributed by atoms with Gasteiger partial charge in [-0.15, -0.1) is 0 Å². The number of aromatic hydroxyl groups is 1. The van der Waals surface area contributed by atoms with Crippen LogP contribution in [0.5, 0.6) is 5.75 Å². The van der Waals surface area contributed by atoms with E-state index in [4.69, 9.17) is 0 Å². The lowest BCUT2D eigenvalue weighted by Crippen LogP contribution is -2.45. The Morgan fingerprint density at radius 1 is 1.42 bits per heavy atom. The van der Waals surface area contributed by atoms with Crippen LogP contribution in [0.3, 0.4) is 0 Å². The van der Waals surface area contributed by atoms with Crippen molar-refractivity contribution in [3.63, 3.8) is 0 Å². The molecule has 0 spiro atoms. The van der Waals surface area contributed by atoms with Crippen molar-refractivity contribution < 1.29 is 9.50 Å². The molecule has 2 rings (SSSR count). The van der Waals surface area contributed by atoms with E-state index in [0.717, 1.165) is 43.5 Å². The first kappa shape index (κ1) is 14.8. The average Bonchev–Trinajstić information content (AvgIpc) is 2.43. The standard InChI is InChI=1S/C14H20BrFN2O/c1-2-3-12(18-8-6-17-7-9-18)13-10(15)4-5-11(16)14(13)19/h4-5,12,17,19H,2-3,6-9H2,1H3/t12-/m1/s1. The molecule has 1 heterocycles. The maximum Gasteiger partial charge on any atom is 0.165 e. The van der Waals surface area contributed by atoms with Gasteiger partial charge in [-0.3, -0.25) is 4.90 Å². The summed E-state index contributed by atoms with van der Waals surface area (Å²) in [4.78, 5) is 2.32. The van der Waals surface area contributed by atoms with Gasteiger partial charge in [-0.2, -0.15) is 0 Å². The Kier molecular flexibility index (Phi) is 5.19. The van der Waals surface area contributed by atoms with Gasteiger partial charge in [0.05, 0.1) is 0 Å². The van der Waals surface area contributed by atoms with Crippen LogP contribution in [0.4, 0.5) is 4.39 Å². The van der Waals surface area contributed by atoms with Gasteiger partial charge >= 0.3 is 0 Å². The molecule has 1 fully saturated rings. The number of phenolic OH excluding ortho intramolecular Hbond substituents is 1. The molecule has 19 heavy (non-hydrogen) atoms.